The van der Waals surface area contributed by atoms with Crippen LogP contribution in [0, 0.1) is 0 Å². The number of carbonyl (C=O) groups is 1. The summed E-state index contributed by atoms with van der Waals surface area (Å²) in [4.78, 5) is 33.8. The maximum atomic E-state index is 12.8. The van der Waals surface area contributed by atoms with Crippen LogP contribution in [0.5, 0.6) is 0 Å². The third-order valence-electron chi connectivity index (χ3n) is 7.09. The molecule has 2 saturated heterocycles. The molecule has 33 heavy (non-hydrogen) atoms. The van der Waals surface area contributed by atoms with Crippen LogP contribution in [0.1, 0.15) is 50.5 Å². The fourth-order valence-electron chi connectivity index (χ4n) is 4.77. The van der Waals surface area contributed by atoms with E-state index in [-0.39, 0.29) is 30.0 Å². The topological polar surface area (TPSA) is 105 Å². The number of nitrogens with two attached hydrogens (primary N) is 1. The Balaban J connectivity index is 1.31. The molecule has 4 rings (SSSR count). The first kappa shape index (κ1) is 23.4. The molecule has 178 valence electrons. The molecule has 0 radical (unpaired) electrons. The average molecular weight is 454 g/mol. The van der Waals surface area contributed by atoms with Crippen molar-refractivity contribution in [1.29, 1.82) is 0 Å². The van der Waals surface area contributed by atoms with Gasteiger partial charge in [0.05, 0.1) is 18.5 Å². The number of rotatable bonds is 6. The zero-order valence-corrected chi connectivity index (χ0v) is 19.4. The van der Waals surface area contributed by atoms with Crippen molar-refractivity contribution in [3.05, 3.63) is 58.6 Å². The van der Waals surface area contributed by atoms with Crippen molar-refractivity contribution in [2.45, 2.75) is 63.1 Å². The van der Waals surface area contributed by atoms with Gasteiger partial charge < -0.3 is 20.6 Å². The zero-order chi connectivity index (χ0) is 23.4. The number of nitrogens with zero attached hydrogens (tertiary/aromatic N) is 4. The van der Waals surface area contributed by atoms with E-state index < -0.39 is 5.60 Å². The van der Waals surface area contributed by atoms with Gasteiger partial charge in [-0.05, 0) is 37.2 Å². The lowest BCUT2D eigenvalue weighted by molar-refractivity contribution is -0.136. The van der Waals surface area contributed by atoms with Gasteiger partial charge in [-0.1, -0.05) is 37.3 Å². The van der Waals surface area contributed by atoms with E-state index in [0.29, 0.717) is 38.2 Å². The zero-order valence-electron chi connectivity index (χ0n) is 19.4. The van der Waals surface area contributed by atoms with Gasteiger partial charge in [-0.2, -0.15) is 0 Å². The van der Waals surface area contributed by atoms with Crippen molar-refractivity contribution in [3.63, 3.8) is 0 Å². The Labute approximate surface area is 195 Å². The van der Waals surface area contributed by atoms with E-state index in [2.05, 4.69) is 16.8 Å². The Morgan fingerprint density at radius 3 is 2.48 bits per heavy atom. The number of likely N-dealkylation sites (tertiary alicyclic amines) is 1. The van der Waals surface area contributed by atoms with E-state index in [1.807, 2.05) is 35.2 Å². The summed E-state index contributed by atoms with van der Waals surface area (Å²) in [6.07, 6.45) is 4.65. The van der Waals surface area contributed by atoms with E-state index in [4.69, 9.17) is 5.73 Å². The Morgan fingerprint density at radius 1 is 1.18 bits per heavy atom. The molecule has 0 aliphatic carbocycles. The number of aromatic nitrogens is 2. The molecule has 2 aliphatic heterocycles. The van der Waals surface area contributed by atoms with Gasteiger partial charge in [-0.3, -0.25) is 14.2 Å². The summed E-state index contributed by atoms with van der Waals surface area (Å²) in [6.45, 7) is 4.83. The lowest BCUT2D eigenvalue weighted by Gasteiger charge is -2.38. The van der Waals surface area contributed by atoms with E-state index in [9.17, 15) is 14.7 Å². The van der Waals surface area contributed by atoms with E-state index in [1.165, 1.54) is 10.9 Å². The molecule has 1 amide bonds. The van der Waals surface area contributed by atoms with Crippen LogP contribution in [0.2, 0.25) is 0 Å². The van der Waals surface area contributed by atoms with E-state index in [1.54, 1.807) is 6.07 Å². The van der Waals surface area contributed by atoms with E-state index >= 15 is 0 Å². The third kappa shape index (κ3) is 5.81. The quantitative estimate of drug-likeness (QED) is 0.690. The monoisotopic (exact) mass is 453 g/mol. The molecule has 2 aromatic rings. The second-order valence-corrected chi connectivity index (χ2v) is 9.66. The summed E-state index contributed by atoms with van der Waals surface area (Å²) >= 11 is 0. The molecular weight excluding hydrogens is 418 g/mol. The second kappa shape index (κ2) is 10.1. The fraction of sp³-hybridized carbons (Fsp3) is 0.560. The van der Waals surface area contributed by atoms with Crippen LogP contribution in [0.3, 0.4) is 0 Å². The molecule has 0 saturated carbocycles. The van der Waals surface area contributed by atoms with Crippen LogP contribution >= 0.6 is 0 Å². The molecule has 1 aromatic carbocycles. The summed E-state index contributed by atoms with van der Waals surface area (Å²) in [5.74, 6) is 0.930. The minimum atomic E-state index is -1.02. The molecule has 8 nitrogen and oxygen atoms in total. The van der Waals surface area contributed by atoms with Gasteiger partial charge in [0, 0.05) is 44.7 Å². The summed E-state index contributed by atoms with van der Waals surface area (Å²) in [5.41, 5.74) is 5.93. The molecule has 8 heteroatoms. The highest BCUT2D eigenvalue weighted by molar-refractivity contribution is 5.77. The summed E-state index contributed by atoms with van der Waals surface area (Å²) in [6, 6.07) is 11.8. The van der Waals surface area contributed by atoms with Crippen LogP contribution in [0.15, 0.2) is 47.5 Å². The molecule has 3 heterocycles. The largest absolute Gasteiger partial charge is 0.388 e. The highest BCUT2D eigenvalue weighted by Gasteiger charge is 2.35. The molecule has 2 fully saturated rings. The molecule has 1 aromatic heterocycles. The van der Waals surface area contributed by atoms with Crippen LogP contribution in [0.4, 0.5) is 5.82 Å². The first-order valence-electron chi connectivity index (χ1n) is 12.0. The molecule has 2 aliphatic rings. The number of carbonyl (C=O) groups excluding carboxylic acids is 1. The highest BCUT2D eigenvalue weighted by Crippen LogP contribution is 2.26. The maximum absolute atomic E-state index is 12.8. The predicted molar refractivity (Wildman–Crippen MR) is 128 cm³/mol. The smallest absolute Gasteiger partial charge is 0.255 e. The second-order valence-electron chi connectivity index (χ2n) is 9.66. The number of piperidine rings is 2. The highest BCUT2D eigenvalue weighted by atomic mass is 16.3. The van der Waals surface area contributed by atoms with E-state index in [0.717, 1.165) is 31.5 Å². The van der Waals surface area contributed by atoms with Gasteiger partial charge in [0.15, 0.2) is 0 Å². The molecule has 0 bridgehead atoms. The van der Waals surface area contributed by atoms with Crippen molar-refractivity contribution in [3.8, 4) is 0 Å². The van der Waals surface area contributed by atoms with Crippen molar-refractivity contribution < 1.29 is 9.90 Å². The van der Waals surface area contributed by atoms with Crippen molar-refractivity contribution >= 4 is 11.7 Å². The van der Waals surface area contributed by atoms with Crippen LogP contribution in [-0.2, 0) is 11.3 Å². The number of aliphatic hydroxyl groups is 1. The van der Waals surface area contributed by atoms with Gasteiger partial charge in [0.1, 0.15) is 5.82 Å². The minimum Gasteiger partial charge on any atom is -0.388 e. The van der Waals surface area contributed by atoms with Crippen molar-refractivity contribution in [2.24, 2.45) is 5.73 Å². The SMILES string of the molecule is CC(CC(=O)N1CCC(O)(Cn2cnc(N3CCC(N)CC3)cc2=O)CC1)c1ccccc1. The van der Waals surface area contributed by atoms with Crippen LogP contribution < -0.4 is 16.2 Å². The Morgan fingerprint density at radius 2 is 1.85 bits per heavy atom. The minimum absolute atomic E-state index is 0.109. The summed E-state index contributed by atoms with van der Waals surface area (Å²) in [5, 5.41) is 11.1. The Hall–Kier alpha value is -2.71. The lowest BCUT2D eigenvalue weighted by atomic mass is 9.90. The lowest BCUT2D eigenvalue weighted by Crippen LogP contribution is -2.49. The van der Waals surface area contributed by atoms with Gasteiger partial charge >= 0.3 is 0 Å². The molecule has 3 N–H and O–H groups in total. The molecular formula is C25H35N5O3. The Bertz CT molecular complexity index is 993. The van der Waals surface area contributed by atoms with Gasteiger partial charge in [-0.25, -0.2) is 4.98 Å². The number of benzene rings is 1. The van der Waals surface area contributed by atoms with Gasteiger partial charge in [0.25, 0.3) is 5.56 Å². The molecule has 1 unspecified atom stereocenters. The first-order valence-corrected chi connectivity index (χ1v) is 12.0. The third-order valence-corrected chi connectivity index (χ3v) is 7.09. The van der Waals surface area contributed by atoms with Crippen molar-refractivity contribution in [1.82, 2.24) is 14.5 Å². The molecule has 1 atom stereocenters. The Kier molecular flexibility index (Phi) is 7.14. The van der Waals surface area contributed by atoms with Crippen LogP contribution in [0.25, 0.3) is 0 Å². The first-order chi connectivity index (χ1) is 15.8. The average Bonchev–Trinajstić information content (AvgIpc) is 2.82. The van der Waals surface area contributed by atoms with Gasteiger partial charge in [-0.15, -0.1) is 0 Å². The number of hydrogen-bond acceptors (Lipinski definition) is 6. The van der Waals surface area contributed by atoms with Crippen molar-refractivity contribution in [2.75, 3.05) is 31.1 Å². The van der Waals surface area contributed by atoms with Crippen LogP contribution in [-0.4, -0.2) is 63.3 Å². The fourth-order valence-corrected chi connectivity index (χ4v) is 4.77. The number of hydrogen-bond donors (Lipinski definition) is 2. The normalized spacial score (nSPS) is 20.0. The maximum Gasteiger partial charge on any atom is 0.255 e. The number of amides is 1. The summed E-state index contributed by atoms with van der Waals surface area (Å²) < 4.78 is 1.48. The number of anilines is 1. The summed E-state index contributed by atoms with van der Waals surface area (Å²) in [7, 11) is 0. The standard InChI is InChI=1S/C25H35N5O3/c1-19(20-5-3-2-4-6-20)15-23(31)29-13-9-25(33,10-14-29)17-30-18-27-22(16-24(30)32)28-11-7-21(26)8-12-28/h2-6,16,18-19,21,33H,7-15,17,26H2,1H3. The molecule has 0 spiro atoms. The van der Waals surface area contributed by atoms with Gasteiger partial charge in [0.2, 0.25) is 5.91 Å². The predicted octanol–water partition coefficient (Wildman–Crippen LogP) is 1.72.